The van der Waals surface area contributed by atoms with Crippen molar-refractivity contribution in [2.24, 2.45) is 0 Å². The Balaban J connectivity index is 1.84. The monoisotopic (exact) mass is 297 g/mol. The third kappa shape index (κ3) is 3.00. The number of carboxylic acids is 1. The van der Waals surface area contributed by atoms with Crippen LogP contribution in [0.2, 0.25) is 0 Å². The summed E-state index contributed by atoms with van der Waals surface area (Å²) in [6.07, 6.45) is 3.05. The molecular formula is C15H11N3O2S. The molecule has 0 aliphatic rings. The summed E-state index contributed by atoms with van der Waals surface area (Å²) in [5.74, 6) is -0.390. The summed E-state index contributed by atoms with van der Waals surface area (Å²) in [4.78, 5) is 23.2. The number of hydrogen-bond donors (Lipinski definition) is 1. The maximum Gasteiger partial charge on any atom is 0.354 e. The van der Waals surface area contributed by atoms with Crippen molar-refractivity contribution >= 4 is 28.6 Å². The van der Waals surface area contributed by atoms with Gasteiger partial charge in [0.15, 0.2) is 0 Å². The number of carbonyl (C=O) groups is 1. The van der Waals surface area contributed by atoms with Gasteiger partial charge >= 0.3 is 5.97 Å². The highest BCUT2D eigenvalue weighted by Gasteiger charge is 2.07. The Morgan fingerprint density at radius 1 is 1.14 bits per heavy atom. The Kier molecular flexibility index (Phi) is 3.79. The number of benzene rings is 1. The van der Waals surface area contributed by atoms with Crippen LogP contribution in [0.25, 0.3) is 10.9 Å². The maximum absolute atomic E-state index is 10.9. The summed E-state index contributed by atoms with van der Waals surface area (Å²) >= 11 is 1.55. The van der Waals surface area contributed by atoms with Crippen molar-refractivity contribution in [2.75, 3.05) is 0 Å². The van der Waals surface area contributed by atoms with Gasteiger partial charge in [-0.15, -0.1) is 11.8 Å². The van der Waals surface area contributed by atoms with Crippen LogP contribution in [0.3, 0.4) is 0 Å². The third-order valence-corrected chi connectivity index (χ3v) is 4.00. The van der Waals surface area contributed by atoms with E-state index in [-0.39, 0.29) is 5.69 Å². The average molecular weight is 297 g/mol. The predicted molar refractivity (Wildman–Crippen MR) is 80.3 cm³/mol. The van der Waals surface area contributed by atoms with Crippen LogP contribution < -0.4 is 0 Å². The van der Waals surface area contributed by atoms with E-state index in [0.29, 0.717) is 5.75 Å². The van der Waals surface area contributed by atoms with Gasteiger partial charge in [-0.3, -0.25) is 0 Å². The highest BCUT2D eigenvalue weighted by atomic mass is 32.2. The smallest absolute Gasteiger partial charge is 0.354 e. The lowest BCUT2D eigenvalue weighted by molar-refractivity contribution is 0.0690. The Morgan fingerprint density at radius 2 is 2.00 bits per heavy atom. The van der Waals surface area contributed by atoms with Crippen LogP contribution in [0.5, 0.6) is 0 Å². The van der Waals surface area contributed by atoms with Gasteiger partial charge in [0.1, 0.15) is 17.0 Å². The van der Waals surface area contributed by atoms with Crippen LogP contribution in [0.15, 0.2) is 53.9 Å². The van der Waals surface area contributed by atoms with E-state index in [0.717, 1.165) is 21.5 Å². The highest BCUT2D eigenvalue weighted by Crippen LogP contribution is 2.27. The van der Waals surface area contributed by atoms with E-state index < -0.39 is 5.97 Å². The van der Waals surface area contributed by atoms with E-state index >= 15 is 0 Å². The van der Waals surface area contributed by atoms with Gasteiger partial charge in [-0.25, -0.2) is 19.7 Å². The van der Waals surface area contributed by atoms with E-state index in [1.165, 1.54) is 6.20 Å². The standard InChI is InChI=1S/C15H11N3O2S/c19-15(20)13-7-10(5-6-16-13)8-21-14-11-3-1-2-4-12(11)17-9-18-14/h1-7,9H,8H2,(H,19,20). The van der Waals surface area contributed by atoms with Crippen molar-refractivity contribution in [3.05, 3.63) is 60.2 Å². The summed E-state index contributed by atoms with van der Waals surface area (Å²) in [6, 6.07) is 11.2. The summed E-state index contributed by atoms with van der Waals surface area (Å²) < 4.78 is 0. The van der Waals surface area contributed by atoms with Crippen molar-refractivity contribution < 1.29 is 9.90 Å². The van der Waals surface area contributed by atoms with Crippen molar-refractivity contribution in [3.63, 3.8) is 0 Å². The normalized spacial score (nSPS) is 10.7. The molecule has 0 amide bonds. The lowest BCUT2D eigenvalue weighted by atomic mass is 10.2. The average Bonchev–Trinajstić information content (AvgIpc) is 2.53. The largest absolute Gasteiger partial charge is 0.477 e. The molecule has 0 spiro atoms. The van der Waals surface area contributed by atoms with Crippen LogP contribution in [0.1, 0.15) is 16.1 Å². The summed E-state index contributed by atoms with van der Waals surface area (Å²) in [7, 11) is 0. The second-order valence-corrected chi connectivity index (χ2v) is 5.30. The predicted octanol–water partition coefficient (Wildman–Crippen LogP) is 3.02. The number of pyridine rings is 1. The topological polar surface area (TPSA) is 76.0 Å². The van der Waals surface area contributed by atoms with E-state index in [2.05, 4.69) is 15.0 Å². The van der Waals surface area contributed by atoms with Crippen LogP contribution in [0, 0.1) is 0 Å². The first-order valence-electron chi connectivity index (χ1n) is 6.25. The quantitative estimate of drug-likeness (QED) is 0.589. The molecule has 2 aromatic heterocycles. The molecular weight excluding hydrogens is 286 g/mol. The minimum atomic E-state index is -1.02. The lowest BCUT2D eigenvalue weighted by Gasteiger charge is -2.05. The second-order valence-electron chi connectivity index (χ2n) is 4.34. The zero-order valence-electron chi connectivity index (χ0n) is 10.9. The van der Waals surface area contributed by atoms with Crippen LogP contribution in [-0.2, 0) is 5.75 Å². The molecule has 6 heteroatoms. The van der Waals surface area contributed by atoms with Crippen LogP contribution >= 0.6 is 11.8 Å². The first-order chi connectivity index (χ1) is 10.2. The van der Waals surface area contributed by atoms with Gasteiger partial charge < -0.3 is 5.11 Å². The lowest BCUT2D eigenvalue weighted by Crippen LogP contribution is -2.00. The third-order valence-electron chi connectivity index (χ3n) is 2.93. The van der Waals surface area contributed by atoms with Crippen molar-refractivity contribution in [1.82, 2.24) is 15.0 Å². The fraction of sp³-hybridized carbons (Fsp3) is 0.0667. The number of nitrogens with zero attached hydrogens (tertiary/aromatic N) is 3. The summed E-state index contributed by atoms with van der Waals surface area (Å²) in [5, 5.41) is 10.8. The maximum atomic E-state index is 10.9. The van der Waals surface area contributed by atoms with Crippen LogP contribution in [0.4, 0.5) is 0 Å². The number of aromatic nitrogens is 3. The molecule has 1 N–H and O–H groups in total. The molecule has 0 bridgehead atoms. The molecule has 1 aromatic carbocycles. The summed E-state index contributed by atoms with van der Waals surface area (Å²) in [5.41, 5.74) is 1.85. The number of aromatic carboxylic acids is 1. The molecule has 0 aliphatic heterocycles. The van der Waals surface area contributed by atoms with Gasteiger partial charge in [0.25, 0.3) is 0 Å². The molecule has 3 rings (SSSR count). The number of hydrogen-bond acceptors (Lipinski definition) is 5. The number of para-hydroxylation sites is 1. The zero-order chi connectivity index (χ0) is 14.7. The molecule has 0 saturated carbocycles. The Bertz CT molecular complexity index is 802. The first-order valence-corrected chi connectivity index (χ1v) is 7.23. The van der Waals surface area contributed by atoms with Gasteiger partial charge in [-0.05, 0) is 23.8 Å². The molecule has 0 unspecified atom stereocenters. The van der Waals surface area contributed by atoms with Crippen molar-refractivity contribution in [2.45, 2.75) is 10.8 Å². The number of fused-ring (bicyclic) bond motifs is 1. The molecule has 0 radical (unpaired) electrons. The molecule has 0 saturated heterocycles. The minimum absolute atomic E-state index is 0.0562. The fourth-order valence-electron chi connectivity index (χ4n) is 1.93. The van der Waals surface area contributed by atoms with Gasteiger partial charge in [0, 0.05) is 17.3 Å². The number of carboxylic acid groups (broad SMARTS) is 1. The van der Waals surface area contributed by atoms with E-state index in [4.69, 9.17) is 5.11 Å². The van der Waals surface area contributed by atoms with Crippen molar-refractivity contribution in [3.8, 4) is 0 Å². The van der Waals surface area contributed by atoms with E-state index in [1.807, 2.05) is 30.3 Å². The fourth-order valence-corrected chi connectivity index (χ4v) is 2.86. The van der Waals surface area contributed by atoms with Crippen molar-refractivity contribution in [1.29, 1.82) is 0 Å². The molecule has 5 nitrogen and oxygen atoms in total. The van der Waals surface area contributed by atoms with Crippen LogP contribution in [-0.4, -0.2) is 26.0 Å². The van der Waals surface area contributed by atoms with Gasteiger partial charge in [0.05, 0.1) is 5.52 Å². The second kappa shape index (κ2) is 5.88. The van der Waals surface area contributed by atoms with E-state index in [9.17, 15) is 4.79 Å². The molecule has 104 valence electrons. The Labute approximate surface area is 125 Å². The minimum Gasteiger partial charge on any atom is -0.477 e. The molecule has 2 heterocycles. The zero-order valence-corrected chi connectivity index (χ0v) is 11.7. The SMILES string of the molecule is O=C(O)c1cc(CSc2ncnc3ccccc23)ccn1. The van der Waals surface area contributed by atoms with Gasteiger partial charge in [-0.1, -0.05) is 18.2 Å². The highest BCUT2D eigenvalue weighted by molar-refractivity contribution is 7.98. The first kappa shape index (κ1) is 13.5. The summed E-state index contributed by atoms with van der Waals surface area (Å²) in [6.45, 7) is 0. The van der Waals surface area contributed by atoms with Gasteiger partial charge in [0.2, 0.25) is 0 Å². The molecule has 3 aromatic rings. The number of rotatable bonds is 4. The number of thioether (sulfide) groups is 1. The Hall–Kier alpha value is -2.47. The molecule has 21 heavy (non-hydrogen) atoms. The molecule has 0 fully saturated rings. The van der Waals surface area contributed by atoms with E-state index in [1.54, 1.807) is 24.2 Å². The Morgan fingerprint density at radius 3 is 2.86 bits per heavy atom. The van der Waals surface area contributed by atoms with Gasteiger partial charge in [-0.2, -0.15) is 0 Å². The molecule has 0 aliphatic carbocycles. The molecule has 0 atom stereocenters.